The molecule has 0 bridgehead atoms. The van der Waals surface area contributed by atoms with E-state index in [-0.39, 0.29) is 36.5 Å². The molecule has 0 aliphatic carbocycles. The lowest BCUT2D eigenvalue weighted by Gasteiger charge is -2.08. The number of halogens is 2. The fraction of sp³-hybridized carbons (Fsp3) is 0.120. The molecule has 4 aromatic rings. The minimum atomic E-state index is -0.432. The first-order valence-corrected chi connectivity index (χ1v) is 10.4. The third-order valence-corrected chi connectivity index (χ3v) is 5.15. The van der Waals surface area contributed by atoms with Crippen LogP contribution in [0.3, 0.4) is 0 Å². The van der Waals surface area contributed by atoms with Crippen LogP contribution in [-0.2, 0) is 13.2 Å². The Morgan fingerprint density at radius 1 is 0.941 bits per heavy atom. The molecule has 5 rings (SSSR count). The quantitative estimate of drug-likeness (QED) is 0.427. The van der Waals surface area contributed by atoms with E-state index in [1.165, 1.54) is 24.3 Å². The van der Waals surface area contributed by atoms with Crippen LogP contribution < -0.4 is 19.5 Å². The molecular formula is C25H19F2N3O4. The molecule has 9 heteroatoms. The molecule has 1 aromatic heterocycles. The Labute approximate surface area is 193 Å². The third kappa shape index (κ3) is 4.83. The van der Waals surface area contributed by atoms with Crippen molar-refractivity contribution in [1.82, 2.24) is 9.78 Å². The first-order valence-electron chi connectivity index (χ1n) is 10.4. The standard InChI is InChI=1S/C25H19F2N3O4/c26-18-5-1-16(2-6-18)12-30-13-21(25(29-30)32-14-17-3-7-19(27)8-4-17)24(31)28-20-9-10-22-23(11-20)34-15-33-22/h1-11,13H,12,14-15H2,(H,28,31). The molecule has 3 aromatic carbocycles. The number of aromatic nitrogens is 2. The second-order valence-corrected chi connectivity index (χ2v) is 7.61. The van der Waals surface area contributed by atoms with Crippen LogP contribution in [0.25, 0.3) is 0 Å². The van der Waals surface area contributed by atoms with Crippen LogP contribution in [0.15, 0.2) is 72.9 Å². The Bertz CT molecular complexity index is 1320. The highest BCUT2D eigenvalue weighted by molar-refractivity contribution is 6.05. The van der Waals surface area contributed by atoms with Crippen molar-refractivity contribution in [3.63, 3.8) is 0 Å². The smallest absolute Gasteiger partial charge is 0.262 e. The van der Waals surface area contributed by atoms with Gasteiger partial charge in [0, 0.05) is 18.0 Å². The van der Waals surface area contributed by atoms with Gasteiger partial charge in [-0.05, 0) is 47.5 Å². The van der Waals surface area contributed by atoms with Crippen molar-refractivity contribution in [2.24, 2.45) is 0 Å². The van der Waals surface area contributed by atoms with Crippen molar-refractivity contribution in [3.05, 3.63) is 101 Å². The maximum atomic E-state index is 13.2. The Hall–Kier alpha value is -4.40. The summed E-state index contributed by atoms with van der Waals surface area (Å²) in [6.07, 6.45) is 1.56. The monoisotopic (exact) mass is 463 g/mol. The van der Waals surface area contributed by atoms with E-state index in [1.807, 2.05) is 0 Å². The second kappa shape index (κ2) is 9.22. The van der Waals surface area contributed by atoms with Gasteiger partial charge in [-0.1, -0.05) is 24.3 Å². The highest BCUT2D eigenvalue weighted by Gasteiger charge is 2.20. The molecule has 7 nitrogen and oxygen atoms in total. The molecule has 1 aliphatic heterocycles. The summed E-state index contributed by atoms with van der Waals surface area (Å²) >= 11 is 0. The van der Waals surface area contributed by atoms with Crippen LogP contribution >= 0.6 is 0 Å². The number of benzene rings is 3. The number of hydrogen-bond acceptors (Lipinski definition) is 5. The molecule has 1 N–H and O–H groups in total. The fourth-order valence-electron chi connectivity index (χ4n) is 3.43. The summed E-state index contributed by atoms with van der Waals surface area (Å²) in [7, 11) is 0. The number of ether oxygens (including phenoxy) is 3. The van der Waals surface area contributed by atoms with E-state index in [0.29, 0.717) is 23.7 Å². The molecule has 1 amide bonds. The molecule has 0 radical (unpaired) electrons. The first-order chi connectivity index (χ1) is 16.5. The number of nitrogens with one attached hydrogen (secondary N) is 1. The number of anilines is 1. The summed E-state index contributed by atoms with van der Waals surface area (Å²) in [5.74, 6) is 0.140. The van der Waals surface area contributed by atoms with Crippen LogP contribution in [0.4, 0.5) is 14.5 Å². The average Bonchev–Trinajstić information content (AvgIpc) is 3.47. The number of fused-ring (bicyclic) bond motifs is 1. The van der Waals surface area contributed by atoms with Crippen LogP contribution in [0.2, 0.25) is 0 Å². The number of rotatable bonds is 7. The molecule has 0 saturated heterocycles. The number of nitrogens with zero attached hydrogens (tertiary/aromatic N) is 2. The van der Waals surface area contributed by atoms with Gasteiger partial charge in [-0.15, -0.1) is 5.10 Å². The number of carbonyl (C=O) groups is 1. The molecule has 0 spiro atoms. The van der Waals surface area contributed by atoms with E-state index in [9.17, 15) is 13.6 Å². The highest BCUT2D eigenvalue weighted by Crippen LogP contribution is 2.34. The van der Waals surface area contributed by atoms with Gasteiger partial charge in [-0.25, -0.2) is 8.78 Å². The van der Waals surface area contributed by atoms with Crippen LogP contribution in [0.5, 0.6) is 17.4 Å². The predicted molar refractivity (Wildman–Crippen MR) is 119 cm³/mol. The molecular weight excluding hydrogens is 444 g/mol. The van der Waals surface area contributed by atoms with Crippen molar-refractivity contribution in [1.29, 1.82) is 0 Å². The van der Waals surface area contributed by atoms with Crippen LogP contribution in [-0.4, -0.2) is 22.5 Å². The largest absolute Gasteiger partial charge is 0.471 e. The van der Waals surface area contributed by atoms with Gasteiger partial charge in [0.25, 0.3) is 5.91 Å². The lowest BCUT2D eigenvalue weighted by Crippen LogP contribution is -2.12. The molecule has 0 fully saturated rings. The molecule has 34 heavy (non-hydrogen) atoms. The summed E-state index contributed by atoms with van der Waals surface area (Å²) in [4.78, 5) is 13.1. The summed E-state index contributed by atoms with van der Waals surface area (Å²) in [5.41, 5.74) is 2.25. The van der Waals surface area contributed by atoms with E-state index in [0.717, 1.165) is 11.1 Å². The molecule has 172 valence electrons. The van der Waals surface area contributed by atoms with Crippen molar-refractivity contribution in [3.8, 4) is 17.4 Å². The molecule has 0 unspecified atom stereocenters. The Kier molecular flexibility index (Phi) is 5.82. The van der Waals surface area contributed by atoms with Crippen molar-refractivity contribution < 1.29 is 27.8 Å². The lowest BCUT2D eigenvalue weighted by atomic mass is 10.2. The topological polar surface area (TPSA) is 74.6 Å². The number of hydrogen-bond donors (Lipinski definition) is 1. The van der Waals surface area contributed by atoms with Crippen LogP contribution in [0, 0.1) is 11.6 Å². The van der Waals surface area contributed by atoms with Gasteiger partial charge in [0.2, 0.25) is 12.7 Å². The molecule has 0 saturated carbocycles. The van der Waals surface area contributed by atoms with E-state index in [4.69, 9.17) is 14.2 Å². The Morgan fingerprint density at radius 2 is 1.62 bits per heavy atom. The van der Waals surface area contributed by atoms with Gasteiger partial charge in [-0.3, -0.25) is 9.48 Å². The predicted octanol–water partition coefficient (Wildman–Crippen LogP) is 4.77. The van der Waals surface area contributed by atoms with Gasteiger partial charge in [-0.2, -0.15) is 0 Å². The first kappa shape index (κ1) is 21.4. The zero-order valence-corrected chi connectivity index (χ0v) is 17.8. The Morgan fingerprint density at radius 3 is 2.35 bits per heavy atom. The van der Waals surface area contributed by atoms with Gasteiger partial charge >= 0.3 is 0 Å². The Balaban J connectivity index is 1.38. The summed E-state index contributed by atoms with van der Waals surface area (Å²) in [5, 5.41) is 7.21. The number of carbonyl (C=O) groups excluding carboxylic acids is 1. The summed E-state index contributed by atoms with van der Waals surface area (Å²) in [6, 6.07) is 16.9. The second-order valence-electron chi connectivity index (χ2n) is 7.61. The lowest BCUT2D eigenvalue weighted by molar-refractivity contribution is 0.102. The maximum absolute atomic E-state index is 13.2. The van der Waals surface area contributed by atoms with Crippen molar-refractivity contribution in [2.45, 2.75) is 13.2 Å². The molecule has 1 aliphatic rings. The molecule has 0 atom stereocenters. The minimum Gasteiger partial charge on any atom is -0.471 e. The summed E-state index contributed by atoms with van der Waals surface area (Å²) in [6.45, 7) is 0.535. The zero-order valence-electron chi connectivity index (χ0n) is 17.8. The van der Waals surface area contributed by atoms with E-state index in [2.05, 4.69) is 10.4 Å². The average molecular weight is 463 g/mol. The van der Waals surface area contributed by atoms with Gasteiger partial charge in [0.1, 0.15) is 23.8 Å². The molecule has 2 heterocycles. The fourth-order valence-corrected chi connectivity index (χ4v) is 3.43. The van der Waals surface area contributed by atoms with E-state index < -0.39 is 5.91 Å². The normalized spacial score (nSPS) is 11.9. The minimum absolute atomic E-state index is 0.0954. The van der Waals surface area contributed by atoms with Gasteiger partial charge in [0.15, 0.2) is 11.5 Å². The SMILES string of the molecule is O=C(Nc1ccc2c(c1)OCO2)c1cn(Cc2ccc(F)cc2)nc1OCc1ccc(F)cc1. The zero-order chi connectivity index (χ0) is 23.5. The van der Waals surface area contributed by atoms with Crippen LogP contribution in [0.1, 0.15) is 21.5 Å². The number of amides is 1. The summed E-state index contributed by atoms with van der Waals surface area (Å²) < 4.78 is 44.4. The van der Waals surface area contributed by atoms with Gasteiger partial charge < -0.3 is 19.5 Å². The van der Waals surface area contributed by atoms with Gasteiger partial charge in [0.05, 0.1) is 6.54 Å². The van der Waals surface area contributed by atoms with Crippen molar-refractivity contribution in [2.75, 3.05) is 12.1 Å². The maximum Gasteiger partial charge on any atom is 0.262 e. The third-order valence-electron chi connectivity index (χ3n) is 5.15. The van der Waals surface area contributed by atoms with E-state index in [1.54, 1.807) is 53.3 Å². The van der Waals surface area contributed by atoms with Crippen molar-refractivity contribution >= 4 is 11.6 Å². The highest BCUT2D eigenvalue weighted by atomic mass is 19.1. The van der Waals surface area contributed by atoms with E-state index >= 15 is 0 Å².